The molecular weight excluding hydrogens is 642 g/mol. The average Bonchev–Trinajstić information content (AvgIpc) is 3.27. The first-order valence-corrected chi connectivity index (χ1v) is 17.3. The van der Waals surface area contributed by atoms with Crippen LogP contribution >= 0.6 is 0 Å². The molecule has 1 amide bonds. The molecular formula is C37H42F2N8O3. The fourth-order valence-electron chi connectivity index (χ4n) is 7.92. The lowest BCUT2D eigenvalue weighted by Gasteiger charge is -2.41. The topological polar surface area (TPSA) is 109 Å². The van der Waals surface area contributed by atoms with E-state index in [2.05, 4.69) is 37.6 Å². The van der Waals surface area contributed by atoms with Gasteiger partial charge in [-0.05, 0) is 63.3 Å². The molecule has 0 bridgehead atoms. The summed E-state index contributed by atoms with van der Waals surface area (Å²) in [7, 11) is 0. The lowest BCUT2D eigenvalue weighted by Crippen LogP contribution is -2.47. The maximum atomic E-state index is 14.9. The van der Waals surface area contributed by atoms with Crippen molar-refractivity contribution in [3.05, 3.63) is 66.0 Å². The van der Waals surface area contributed by atoms with Crippen LogP contribution in [0, 0.1) is 18.2 Å². The summed E-state index contributed by atoms with van der Waals surface area (Å²) in [5, 5.41) is 3.08. The molecule has 262 valence electrons. The quantitative estimate of drug-likeness (QED) is 0.274. The maximum absolute atomic E-state index is 14.9. The normalized spacial score (nSPS) is 24.7. The fraction of sp³-hybridized carbons (Fsp3) is 0.486. The van der Waals surface area contributed by atoms with E-state index in [0.717, 1.165) is 49.3 Å². The highest BCUT2D eigenvalue weighted by molar-refractivity contribution is 5.87. The van der Waals surface area contributed by atoms with Crippen LogP contribution in [0.3, 0.4) is 0 Å². The molecule has 1 unspecified atom stereocenters. The van der Waals surface area contributed by atoms with Crippen molar-refractivity contribution >= 4 is 23.2 Å². The van der Waals surface area contributed by atoms with Crippen molar-refractivity contribution in [3.63, 3.8) is 0 Å². The van der Waals surface area contributed by atoms with E-state index in [1.807, 2.05) is 11.8 Å². The largest absolute Gasteiger partial charge is 0.490 e. The molecule has 4 aliphatic rings. The van der Waals surface area contributed by atoms with Crippen LogP contribution in [0.5, 0.6) is 11.8 Å². The molecule has 13 heteroatoms. The highest BCUT2D eigenvalue weighted by atomic mass is 19.1. The number of nitrogens with one attached hydrogen (secondary N) is 1. The summed E-state index contributed by atoms with van der Waals surface area (Å²) in [5.74, 6) is 3.88. The van der Waals surface area contributed by atoms with Crippen LogP contribution in [-0.4, -0.2) is 89.0 Å². The van der Waals surface area contributed by atoms with E-state index in [9.17, 15) is 13.6 Å². The summed E-state index contributed by atoms with van der Waals surface area (Å²) in [6.45, 7) is 8.27. The maximum Gasteiger partial charge on any atom is 0.318 e. The second-order valence-electron chi connectivity index (χ2n) is 13.7. The van der Waals surface area contributed by atoms with Crippen molar-refractivity contribution in [1.82, 2.24) is 25.3 Å². The number of rotatable bonds is 8. The molecule has 0 radical (unpaired) electrons. The Hall–Kier alpha value is -4.99. The number of nitrogens with zero attached hydrogens (tertiary/aromatic N) is 7. The number of anilines is 3. The zero-order valence-electron chi connectivity index (χ0n) is 28.3. The van der Waals surface area contributed by atoms with Crippen LogP contribution < -0.4 is 29.5 Å². The van der Waals surface area contributed by atoms with Gasteiger partial charge < -0.3 is 29.5 Å². The molecule has 3 aliphatic heterocycles. The molecule has 11 nitrogen and oxygen atoms in total. The molecule has 2 fully saturated rings. The van der Waals surface area contributed by atoms with Gasteiger partial charge in [-0.2, -0.15) is 9.97 Å². The zero-order valence-corrected chi connectivity index (χ0v) is 28.3. The van der Waals surface area contributed by atoms with Crippen LogP contribution in [0.4, 0.5) is 26.1 Å². The van der Waals surface area contributed by atoms with Gasteiger partial charge in [0, 0.05) is 49.8 Å². The van der Waals surface area contributed by atoms with E-state index in [1.165, 1.54) is 18.5 Å². The van der Waals surface area contributed by atoms with E-state index in [0.29, 0.717) is 49.8 Å². The molecule has 2 saturated heterocycles. The predicted octanol–water partition coefficient (Wildman–Crippen LogP) is 4.19. The number of halogens is 2. The van der Waals surface area contributed by atoms with Crippen LogP contribution in [0.25, 0.3) is 0 Å². The number of carbonyl (C=O) groups excluding carboxylic acids is 1. The molecule has 0 saturated carbocycles. The van der Waals surface area contributed by atoms with Gasteiger partial charge in [0.05, 0.1) is 35.6 Å². The van der Waals surface area contributed by atoms with Crippen molar-refractivity contribution in [2.75, 3.05) is 54.1 Å². The monoisotopic (exact) mass is 684 g/mol. The first-order valence-electron chi connectivity index (χ1n) is 17.3. The molecule has 5 heterocycles. The van der Waals surface area contributed by atoms with Crippen LogP contribution in [0.1, 0.15) is 55.8 Å². The van der Waals surface area contributed by atoms with Gasteiger partial charge in [-0.15, -0.1) is 6.42 Å². The van der Waals surface area contributed by atoms with Crippen molar-refractivity contribution < 1.29 is 23.0 Å². The van der Waals surface area contributed by atoms with Crippen molar-refractivity contribution in [1.29, 1.82) is 0 Å². The van der Waals surface area contributed by atoms with E-state index < -0.39 is 17.5 Å². The summed E-state index contributed by atoms with van der Waals surface area (Å²) in [4.78, 5) is 37.0. The number of terminal acetylenes is 1. The number of alkyl halides is 1. The Morgan fingerprint density at radius 3 is 2.92 bits per heavy atom. The summed E-state index contributed by atoms with van der Waals surface area (Å²) in [6, 6.07) is 4.87. The standard InChI is InChI=1S/C37H42F2N8O3/c1-4-27-29(39)11-12-31-34(27)46(16-17-49-31)26-9-10-28-30(18-26)43-36(44-35(28)45-15-7-6-8-25(21-45)42-33(48)5-2)50-22-37(3)19-24(38)20-47(37)32-13-14-40-23-41-32/h1,5,11-14,23-26H,2,6-10,15-22H2,3H3,(H,42,48)/t24-,25?,26-,37+/m1/s1. The summed E-state index contributed by atoms with van der Waals surface area (Å²) in [6.07, 6.45) is 14.2. The first kappa shape index (κ1) is 33.5. The van der Waals surface area contributed by atoms with Gasteiger partial charge in [-0.1, -0.05) is 12.5 Å². The van der Waals surface area contributed by atoms with Gasteiger partial charge in [0.1, 0.15) is 48.9 Å². The van der Waals surface area contributed by atoms with Gasteiger partial charge in [0.25, 0.3) is 0 Å². The molecule has 0 spiro atoms. The number of aromatic nitrogens is 4. The molecule has 7 rings (SSSR count). The van der Waals surface area contributed by atoms with E-state index in [1.54, 1.807) is 18.3 Å². The number of hydrogen-bond acceptors (Lipinski definition) is 10. The highest BCUT2D eigenvalue weighted by Crippen LogP contribution is 2.41. The van der Waals surface area contributed by atoms with Crippen molar-refractivity contribution in [3.8, 4) is 24.1 Å². The number of fused-ring (bicyclic) bond motifs is 2. The molecule has 50 heavy (non-hydrogen) atoms. The molecule has 3 aromatic rings. The Bertz CT molecular complexity index is 1790. The Morgan fingerprint density at radius 1 is 1.24 bits per heavy atom. The SMILES string of the molecule is C#Cc1c(F)ccc2c1N([C@@H]1CCc3c(nc(OC[C@]4(C)C[C@@H](F)CN4c4ccncn4)nc3N3CCCCC(NC(=O)C=C)C3)C1)CCO2. The Balaban J connectivity index is 1.22. The third-order valence-corrected chi connectivity index (χ3v) is 10.3. The molecule has 2 aromatic heterocycles. The number of ether oxygens (including phenoxy) is 2. The summed E-state index contributed by atoms with van der Waals surface area (Å²) in [5.41, 5.74) is 1.98. The molecule has 4 atom stereocenters. The van der Waals surface area contributed by atoms with Crippen LogP contribution in [0.2, 0.25) is 0 Å². The predicted molar refractivity (Wildman–Crippen MR) is 186 cm³/mol. The van der Waals surface area contributed by atoms with Crippen LogP contribution in [0.15, 0.2) is 43.4 Å². The number of benzene rings is 1. The second-order valence-corrected chi connectivity index (χ2v) is 13.7. The third kappa shape index (κ3) is 6.63. The van der Waals surface area contributed by atoms with Gasteiger partial charge in [-0.3, -0.25) is 4.79 Å². The van der Waals surface area contributed by atoms with Crippen LogP contribution in [-0.2, 0) is 17.6 Å². The minimum absolute atomic E-state index is 0.0219. The number of carbonyl (C=O) groups is 1. The zero-order chi connectivity index (χ0) is 34.8. The van der Waals surface area contributed by atoms with Crippen molar-refractivity contribution in [2.45, 2.75) is 75.7 Å². The lowest BCUT2D eigenvalue weighted by molar-refractivity contribution is -0.117. The van der Waals surface area contributed by atoms with Crippen molar-refractivity contribution in [2.24, 2.45) is 0 Å². The minimum Gasteiger partial charge on any atom is -0.490 e. The van der Waals surface area contributed by atoms with Gasteiger partial charge >= 0.3 is 6.01 Å². The van der Waals surface area contributed by atoms with Gasteiger partial charge in [0.2, 0.25) is 5.91 Å². The van der Waals surface area contributed by atoms with Gasteiger partial charge in [0.15, 0.2) is 0 Å². The summed E-state index contributed by atoms with van der Waals surface area (Å²) >= 11 is 0. The minimum atomic E-state index is -1.05. The smallest absolute Gasteiger partial charge is 0.318 e. The Morgan fingerprint density at radius 2 is 2.12 bits per heavy atom. The Kier molecular flexibility index (Phi) is 9.44. The van der Waals surface area contributed by atoms with E-state index >= 15 is 0 Å². The number of hydrogen-bond donors (Lipinski definition) is 1. The molecule has 1 aliphatic carbocycles. The van der Waals surface area contributed by atoms with E-state index in [4.69, 9.17) is 25.9 Å². The average molecular weight is 685 g/mol. The Labute approximate surface area is 291 Å². The van der Waals surface area contributed by atoms with Gasteiger partial charge in [-0.25, -0.2) is 18.7 Å². The first-order chi connectivity index (χ1) is 24.3. The third-order valence-electron chi connectivity index (χ3n) is 10.3. The molecule has 1 aromatic carbocycles. The number of amides is 1. The highest BCUT2D eigenvalue weighted by Gasteiger charge is 2.44. The van der Waals surface area contributed by atoms with E-state index in [-0.39, 0.29) is 49.1 Å². The fourth-order valence-corrected chi connectivity index (χ4v) is 7.92. The molecule has 1 N–H and O–H groups in total. The second kappa shape index (κ2) is 14.1. The summed E-state index contributed by atoms with van der Waals surface area (Å²) < 4.78 is 42.2. The lowest BCUT2D eigenvalue weighted by atomic mass is 9.89.